The predicted octanol–water partition coefficient (Wildman–Crippen LogP) is 3.12. The lowest BCUT2D eigenvalue weighted by Crippen LogP contribution is -2.30. The molecule has 0 atom stereocenters. The van der Waals surface area contributed by atoms with E-state index in [2.05, 4.69) is 21.6 Å². The Bertz CT molecular complexity index is 1100. The van der Waals surface area contributed by atoms with Crippen LogP contribution in [0.2, 0.25) is 5.02 Å². The van der Waals surface area contributed by atoms with Crippen molar-refractivity contribution in [1.29, 1.82) is 0 Å². The lowest BCUT2D eigenvalue weighted by Gasteiger charge is -2.16. The quantitative estimate of drug-likeness (QED) is 0.554. The maximum absolute atomic E-state index is 12.7. The standard InChI is InChI=1S/C22H22ClN5O2S/c1-27-19(10-12-24-21(30)16-6-8-17(23)9-7-16)25-26-22(27)31-14-20(29)28-13-11-15-4-2-3-5-18(15)28/h2-9H,10-14H2,1H3,(H,24,30). The normalized spacial score (nSPS) is 12.6. The molecular formula is C22H22ClN5O2S. The largest absolute Gasteiger partial charge is 0.352 e. The summed E-state index contributed by atoms with van der Waals surface area (Å²) in [7, 11) is 1.87. The number of nitrogens with zero attached hydrogens (tertiary/aromatic N) is 4. The number of hydrogen-bond donors (Lipinski definition) is 1. The third-order valence-electron chi connectivity index (χ3n) is 5.18. The summed E-state index contributed by atoms with van der Waals surface area (Å²) in [5.74, 6) is 0.950. The van der Waals surface area contributed by atoms with E-state index in [0.29, 0.717) is 34.5 Å². The zero-order chi connectivity index (χ0) is 21.8. The van der Waals surface area contributed by atoms with Gasteiger partial charge in [-0.3, -0.25) is 9.59 Å². The van der Waals surface area contributed by atoms with Crippen LogP contribution in [0.4, 0.5) is 5.69 Å². The number of fused-ring (bicyclic) bond motifs is 1. The molecule has 2 aromatic carbocycles. The molecule has 160 valence electrons. The molecule has 0 aliphatic carbocycles. The minimum atomic E-state index is -0.162. The van der Waals surface area contributed by atoms with Gasteiger partial charge in [0.1, 0.15) is 5.82 Å². The molecule has 3 aromatic rings. The second-order valence-corrected chi connectivity index (χ2v) is 8.56. The number of para-hydroxylation sites is 1. The Hall–Kier alpha value is -2.84. The van der Waals surface area contributed by atoms with Gasteiger partial charge in [0.25, 0.3) is 5.91 Å². The molecule has 31 heavy (non-hydrogen) atoms. The molecule has 0 bridgehead atoms. The number of aromatic nitrogens is 3. The van der Waals surface area contributed by atoms with Crippen LogP contribution in [0.15, 0.2) is 53.7 Å². The van der Waals surface area contributed by atoms with E-state index < -0.39 is 0 Å². The predicted molar refractivity (Wildman–Crippen MR) is 122 cm³/mol. The number of halogens is 1. The SMILES string of the molecule is Cn1c(CCNC(=O)c2ccc(Cl)cc2)nnc1SCC(=O)N1CCc2ccccc21. The first-order valence-electron chi connectivity index (χ1n) is 9.96. The van der Waals surface area contributed by atoms with Gasteiger partial charge in [0.15, 0.2) is 5.16 Å². The summed E-state index contributed by atoms with van der Waals surface area (Å²) in [5.41, 5.74) is 2.77. The van der Waals surface area contributed by atoms with Crippen LogP contribution in [0.3, 0.4) is 0 Å². The van der Waals surface area contributed by atoms with Crippen molar-refractivity contribution in [2.75, 3.05) is 23.7 Å². The van der Waals surface area contributed by atoms with Gasteiger partial charge in [-0.1, -0.05) is 41.6 Å². The van der Waals surface area contributed by atoms with Crippen LogP contribution < -0.4 is 10.2 Å². The van der Waals surface area contributed by atoms with E-state index in [1.807, 2.05) is 34.7 Å². The van der Waals surface area contributed by atoms with Crippen LogP contribution in [0.5, 0.6) is 0 Å². The average molecular weight is 456 g/mol. The van der Waals surface area contributed by atoms with E-state index in [-0.39, 0.29) is 11.8 Å². The van der Waals surface area contributed by atoms with Gasteiger partial charge in [0, 0.05) is 42.8 Å². The van der Waals surface area contributed by atoms with E-state index in [1.54, 1.807) is 24.3 Å². The average Bonchev–Trinajstić information content (AvgIpc) is 3.36. The van der Waals surface area contributed by atoms with Gasteiger partial charge in [-0.05, 0) is 42.3 Å². The fourth-order valence-corrected chi connectivity index (χ4v) is 4.41. The highest BCUT2D eigenvalue weighted by Gasteiger charge is 2.24. The molecule has 1 aliphatic rings. The lowest BCUT2D eigenvalue weighted by atomic mass is 10.2. The van der Waals surface area contributed by atoms with Crippen molar-refractivity contribution in [2.45, 2.75) is 18.0 Å². The molecule has 0 unspecified atom stereocenters. The van der Waals surface area contributed by atoms with Crippen molar-refractivity contribution >= 4 is 40.9 Å². The van der Waals surface area contributed by atoms with Crippen LogP contribution in [0.25, 0.3) is 0 Å². The Balaban J connectivity index is 1.28. The van der Waals surface area contributed by atoms with Crippen molar-refractivity contribution in [1.82, 2.24) is 20.1 Å². The molecule has 0 fully saturated rings. The number of thioether (sulfide) groups is 1. The Kier molecular flexibility index (Phi) is 6.58. The highest BCUT2D eigenvalue weighted by molar-refractivity contribution is 7.99. The Labute approximate surface area is 189 Å². The summed E-state index contributed by atoms with van der Waals surface area (Å²) >= 11 is 7.22. The molecule has 9 heteroatoms. The number of carbonyl (C=O) groups is 2. The van der Waals surface area contributed by atoms with Crippen molar-refractivity contribution in [3.8, 4) is 0 Å². The fourth-order valence-electron chi connectivity index (χ4n) is 3.48. The van der Waals surface area contributed by atoms with Crippen LogP contribution in [-0.4, -0.2) is 45.4 Å². The van der Waals surface area contributed by atoms with Crippen molar-refractivity contribution < 1.29 is 9.59 Å². The van der Waals surface area contributed by atoms with E-state index in [0.717, 1.165) is 24.5 Å². The van der Waals surface area contributed by atoms with E-state index in [1.165, 1.54) is 17.3 Å². The van der Waals surface area contributed by atoms with Gasteiger partial charge in [-0.25, -0.2) is 0 Å². The Morgan fingerprint density at radius 1 is 1.13 bits per heavy atom. The van der Waals surface area contributed by atoms with E-state index in [4.69, 9.17) is 11.6 Å². The fraction of sp³-hybridized carbons (Fsp3) is 0.273. The van der Waals surface area contributed by atoms with Crippen molar-refractivity contribution in [3.05, 3.63) is 70.5 Å². The molecule has 2 heterocycles. The van der Waals surface area contributed by atoms with Crippen LogP contribution in [0.1, 0.15) is 21.7 Å². The third kappa shape index (κ3) is 4.91. The van der Waals surface area contributed by atoms with Gasteiger partial charge < -0.3 is 14.8 Å². The summed E-state index contributed by atoms with van der Waals surface area (Å²) in [5, 5.41) is 12.5. The van der Waals surface area contributed by atoms with Gasteiger partial charge in [-0.15, -0.1) is 10.2 Å². The van der Waals surface area contributed by atoms with Crippen molar-refractivity contribution in [2.24, 2.45) is 7.05 Å². The topological polar surface area (TPSA) is 80.1 Å². The summed E-state index contributed by atoms with van der Waals surface area (Å²) in [6.45, 7) is 1.15. The Morgan fingerprint density at radius 3 is 2.71 bits per heavy atom. The number of rotatable bonds is 7. The molecule has 0 radical (unpaired) electrons. The molecule has 0 saturated heterocycles. The third-order valence-corrected chi connectivity index (χ3v) is 6.44. The van der Waals surface area contributed by atoms with Gasteiger partial charge >= 0.3 is 0 Å². The lowest BCUT2D eigenvalue weighted by molar-refractivity contribution is -0.116. The zero-order valence-electron chi connectivity index (χ0n) is 17.0. The molecule has 1 aromatic heterocycles. The Morgan fingerprint density at radius 2 is 1.90 bits per heavy atom. The number of anilines is 1. The van der Waals surface area contributed by atoms with Crippen LogP contribution >= 0.6 is 23.4 Å². The molecule has 2 amide bonds. The van der Waals surface area contributed by atoms with Crippen molar-refractivity contribution in [3.63, 3.8) is 0 Å². The number of amides is 2. The molecule has 0 saturated carbocycles. The number of benzene rings is 2. The molecular weight excluding hydrogens is 434 g/mol. The molecule has 4 rings (SSSR count). The minimum Gasteiger partial charge on any atom is -0.352 e. The summed E-state index contributed by atoms with van der Waals surface area (Å²) in [6.07, 6.45) is 1.43. The van der Waals surface area contributed by atoms with E-state index >= 15 is 0 Å². The minimum absolute atomic E-state index is 0.0646. The second kappa shape index (κ2) is 9.53. The van der Waals surface area contributed by atoms with E-state index in [9.17, 15) is 9.59 Å². The highest BCUT2D eigenvalue weighted by atomic mass is 35.5. The maximum Gasteiger partial charge on any atom is 0.251 e. The summed E-state index contributed by atoms with van der Waals surface area (Å²) < 4.78 is 1.87. The zero-order valence-corrected chi connectivity index (χ0v) is 18.6. The highest BCUT2D eigenvalue weighted by Crippen LogP contribution is 2.28. The first-order valence-corrected chi connectivity index (χ1v) is 11.3. The first kappa shape index (κ1) is 21.4. The van der Waals surface area contributed by atoms with Gasteiger partial charge in [-0.2, -0.15) is 0 Å². The number of hydrogen-bond acceptors (Lipinski definition) is 5. The monoisotopic (exact) mass is 455 g/mol. The second-order valence-electron chi connectivity index (χ2n) is 7.18. The molecule has 0 spiro atoms. The van der Waals surface area contributed by atoms with Crippen LogP contribution in [0, 0.1) is 0 Å². The molecule has 1 aliphatic heterocycles. The summed E-state index contributed by atoms with van der Waals surface area (Å²) in [4.78, 5) is 26.7. The smallest absolute Gasteiger partial charge is 0.251 e. The first-order chi connectivity index (χ1) is 15.0. The van der Waals surface area contributed by atoms with Gasteiger partial charge in [0.05, 0.1) is 5.75 Å². The number of nitrogens with one attached hydrogen (secondary N) is 1. The molecule has 7 nitrogen and oxygen atoms in total. The van der Waals surface area contributed by atoms with Gasteiger partial charge in [0.2, 0.25) is 5.91 Å². The number of carbonyl (C=O) groups excluding carboxylic acids is 2. The molecule has 1 N–H and O–H groups in total. The summed E-state index contributed by atoms with van der Waals surface area (Å²) in [6, 6.07) is 14.8. The van der Waals surface area contributed by atoms with Crippen LogP contribution in [-0.2, 0) is 24.7 Å². The maximum atomic E-state index is 12.7.